The first-order valence-electron chi connectivity index (χ1n) is 8.80. The molecule has 8 nitrogen and oxygen atoms in total. The van der Waals surface area contributed by atoms with E-state index in [9.17, 15) is 8.42 Å². The zero-order chi connectivity index (χ0) is 21.1. The summed E-state index contributed by atoms with van der Waals surface area (Å²) in [5.74, 6) is 1.74. The minimum atomic E-state index is -3.58. The van der Waals surface area contributed by atoms with Crippen molar-refractivity contribution >= 4 is 49.5 Å². The van der Waals surface area contributed by atoms with Crippen LogP contribution in [-0.4, -0.2) is 32.6 Å². The van der Waals surface area contributed by atoms with Crippen molar-refractivity contribution in [2.24, 2.45) is 0 Å². The van der Waals surface area contributed by atoms with Crippen LogP contribution in [0.4, 0.5) is 17.2 Å². The molecule has 0 radical (unpaired) electrons. The van der Waals surface area contributed by atoms with E-state index in [4.69, 9.17) is 9.47 Å². The van der Waals surface area contributed by atoms with Gasteiger partial charge in [0, 0.05) is 22.8 Å². The van der Waals surface area contributed by atoms with E-state index < -0.39 is 10.0 Å². The van der Waals surface area contributed by atoms with E-state index in [0.717, 1.165) is 22.4 Å². The minimum absolute atomic E-state index is 0.265. The second kappa shape index (κ2) is 8.17. The Hall–Kier alpha value is -3.37. The summed E-state index contributed by atoms with van der Waals surface area (Å²) in [7, 11) is -0.449. The first kappa shape index (κ1) is 19.9. The molecule has 2 aromatic heterocycles. The number of thiophene rings is 1. The third kappa shape index (κ3) is 4.00. The van der Waals surface area contributed by atoms with Crippen molar-refractivity contribution in [2.75, 3.05) is 24.3 Å². The van der Waals surface area contributed by atoms with Crippen molar-refractivity contribution < 1.29 is 17.9 Å². The summed E-state index contributed by atoms with van der Waals surface area (Å²) in [6, 6.07) is 13.7. The Morgan fingerprint density at radius 3 is 2.30 bits per heavy atom. The number of rotatable bonds is 7. The highest BCUT2D eigenvalue weighted by Crippen LogP contribution is 2.34. The number of anilines is 3. The van der Waals surface area contributed by atoms with Gasteiger partial charge < -0.3 is 14.8 Å². The zero-order valence-corrected chi connectivity index (χ0v) is 17.8. The number of methoxy groups -OCH3 is 2. The number of ether oxygens (including phenoxy) is 2. The third-order valence-electron chi connectivity index (χ3n) is 4.30. The maximum atomic E-state index is 12.3. The molecule has 0 saturated heterocycles. The van der Waals surface area contributed by atoms with Crippen molar-refractivity contribution in [3.8, 4) is 11.5 Å². The summed E-state index contributed by atoms with van der Waals surface area (Å²) in [5.41, 5.74) is 1.90. The van der Waals surface area contributed by atoms with Crippen LogP contribution in [0, 0.1) is 0 Å². The standard InChI is InChI=1S/C20H18N4O4S2/c1-27-17-10-15-16(11-18(17)28-2)21-12-22-20(15)23-13-5-7-14(8-6-13)24-30(25,26)19-4-3-9-29-19/h3-12,24H,1-2H3,(H,21,22,23). The first-order valence-corrected chi connectivity index (χ1v) is 11.2. The van der Waals surface area contributed by atoms with Crippen LogP contribution in [0.2, 0.25) is 0 Å². The summed E-state index contributed by atoms with van der Waals surface area (Å²) in [5, 5.41) is 5.71. The van der Waals surface area contributed by atoms with Crippen LogP contribution in [0.1, 0.15) is 0 Å². The van der Waals surface area contributed by atoms with Gasteiger partial charge in [-0.2, -0.15) is 0 Å². The maximum Gasteiger partial charge on any atom is 0.271 e. The molecule has 154 valence electrons. The van der Waals surface area contributed by atoms with Gasteiger partial charge in [0.05, 0.1) is 19.7 Å². The number of hydrogen-bond acceptors (Lipinski definition) is 8. The summed E-state index contributed by atoms with van der Waals surface area (Å²) < 4.78 is 38.2. The van der Waals surface area contributed by atoms with Gasteiger partial charge in [-0.1, -0.05) is 6.07 Å². The number of nitrogens with zero attached hydrogens (tertiary/aromatic N) is 2. The largest absolute Gasteiger partial charge is 0.493 e. The molecule has 2 aromatic carbocycles. The van der Waals surface area contributed by atoms with Gasteiger partial charge in [-0.15, -0.1) is 11.3 Å². The molecule has 10 heteroatoms. The van der Waals surface area contributed by atoms with Crippen molar-refractivity contribution in [2.45, 2.75) is 4.21 Å². The fourth-order valence-corrected chi connectivity index (χ4v) is 4.91. The molecule has 0 unspecified atom stereocenters. The summed E-state index contributed by atoms with van der Waals surface area (Å²) in [4.78, 5) is 8.60. The lowest BCUT2D eigenvalue weighted by molar-refractivity contribution is 0.356. The second-order valence-corrected chi connectivity index (χ2v) is 9.04. The molecule has 0 fully saturated rings. The van der Waals surface area contributed by atoms with Crippen LogP contribution in [0.5, 0.6) is 11.5 Å². The fourth-order valence-electron chi connectivity index (χ4n) is 2.86. The molecule has 0 amide bonds. The number of sulfonamides is 1. The Labute approximate surface area is 177 Å². The molecule has 2 heterocycles. The molecular formula is C20H18N4O4S2. The lowest BCUT2D eigenvalue weighted by Gasteiger charge is -2.12. The molecule has 0 spiro atoms. The summed E-state index contributed by atoms with van der Waals surface area (Å²) >= 11 is 1.16. The van der Waals surface area contributed by atoms with E-state index in [0.29, 0.717) is 28.5 Å². The van der Waals surface area contributed by atoms with Gasteiger partial charge in [0.15, 0.2) is 11.5 Å². The predicted octanol–water partition coefficient (Wildman–Crippen LogP) is 4.25. The first-order chi connectivity index (χ1) is 14.5. The normalized spacial score (nSPS) is 11.3. The van der Waals surface area contributed by atoms with E-state index in [1.807, 2.05) is 0 Å². The van der Waals surface area contributed by atoms with Crippen LogP contribution in [0.3, 0.4) is 0 Å². The summed E-state index contributed by atoms with van der Waals surface area (Å²) in [6.45, 7) is 0. The number of fused-ring (bicyclic) bond motifs is 1. The Morgan fingerprint density at radius 2 is 1.63 bits per heavy atom. The molecule has 0 aliphatic carbocycles. The number of aromatic nitrogens is 2. The van der Waals surface area contributed by atoms with Gasteiger partial charge >= 0.3 is 0 Å². The van der Waals surface area contributed by atoms with Crippen molar-refractivity contribution in [3.63, 3.8) is 0 Å². The van der Waals surface area contributed by atoms with Crippen molar-refractivity contribution in [3.05, 3.63) is 60.2 Å². The molecule has 0 aliphatic heterocycles. The molecule has 2 N–H and O–H groups in total. The monoisotopic (exact) mass is 442 g/mol. The molecule has 30 heavy (non-hydrogen) atoms. The SMILES string of the molecule is COc1cc2ncnc(Nc3ccc(NS(=O)(=O)c4cccs4)cc3)c2cc1OC. The number of hydrogen-bond donors (Lipinski definition) is 2. The van der Waals surface area contributed by atoms with E-state index in [1.165, 1.54) is 6.33 Å². The Kier molecular flexibility index (Phi) is 5.42. The van der Waals surface area contributed by atoms with Gasteiger partial charge in [-0.3, -0.25) is 4.72 Å². The van der Waals surface area contributed by atoms with Gasteiger partial charge in [-0.25, -0.2) is 18.4 Å². The average Bonchev–Trinajstić information content (AvgIpc) is 3.30. The third-order valence-corrected chi connectivity index (χ3v) is 7.08. The fraction of sp³-hybridized carbons (Fsp3) is 0.100. The predicted molar refractivity (Wildman–Crippen MR) is 117 cm³/mol. The minimum Gasteiger partial charge on any atom is -0.493 e. The van der Waals surface area contributed by atoms with E-state index in [2.05, 4.69) is 20.0 Å². The molecule has 4 aromatic rings. The van der Waals surface area contributed by atoms with Crippen LogP contribution in [-0.2, 0) is 10.0 Å². The Morgan fingerprint density at radius 1 is 0.933 bits per heavy atom. The molecular weight excluding hydrogens is 424 g/mol. The Bertz CT molecular complexity index is 1270. The highest BCUT2D eigenvalue weighted by atomic mass is 32.2. The number of nitrogens with one attached hydrogen (secondary N) is 2. The second-order valence-electron chi connectivity index (χ2n) is 6.19. The molecule has 4 rings (SSSR count). The van der Waals surface area contributed by atoms with Gasteiger partial charge in [-0.05, 0) is 41.8 Å². The summed E-state index contributed by atoms with van der Waals surface area (Å²) in [6.07, 6.45) is 1.46. The van der Waals surface area contributed by atoms with E-state index in [1.54, 1.807) is 68.1 Å². The van der Waals surface area contributed by atoms with E-state index in [-0.39, 0.29) is 4.21 Å². The van der Waals surface area contributed by atoms with Crippen molar-refractivity contribution in [1.29, 1.82) is 0 Å². The molecule has 0 saturated carbocycles. The van der Waals surface area contributed by atoms with Crippen molar-refractivity contribution in [1.82, 2.24) is 9.97 Å². The molecule has 0 bridgehead atoms. The van der Waals surface area contributed by atoms with Gasteiger partial charge in [0.2, 0.25) is 0 Å². The Balaban J connectivity index is 1.58. The van der Waals surface area contributed by atoms with Crippen LogP contribution in [0.25, 0.3) is 10.9 Å². The average molecular weight is 443 g/mol. The lowest BCUT2D eigenvalue weighted by Crippen LogP contribution is -2.11. The zero-order valence-electron chi connectivity index (χ0n) is 16.1. The van der Waals surface area contributed by atoms with Crippen LogP contribution < -0.4 is 19.5 Å². The van der Waals surface area contributed by atoms with E-state index >= 15 is 0 Å². The number of benzene rings is 2. The lowest BCUT2D eigenvalue weighted by atomic mass is 10.2. The highest BCUT2D eigenvalue weighted by molar-refractivity contribution is 7.94. The molecule has 0 atom stereocenters. The van der Waals surface area contributed by atoms with Crippen LogP contribution >= 0.6 is 11.3 Å². The highest BCUT2D eigenvalue weighted by Gasteiger charge is 2.15. The molecule has 0 aliphatic rings. The smallest absolute Gasteiger partial charge is 0.271 e. The van der Waals surface area contributed by atoms with Gasteiger partial charge in [0.25, 0.3) is 10.0 Å². The van der Waals surface area contributed by atoms with Gasteiger partial charge in [0.1, 0.15) is 16.4 Å². The topological polar surface area (TPSA) is 102 Å². The maximum absolute atomic E-state index is 12.3. The quantitative estimate of drug-likeness (QED) is 0.441. The van der Waals surface area contributed by atoms with Crippen LogP contribution in [0.15, 0.2) is 64.4 Å².